The third kappa shape index (κ3) is 3.12. The first-order chi connectivity index (χ1) is 13.5. The summed E-state index contributed by atoms with van der Waals surface area (Å²) in [4.78, 5) is 13.1. The van der Waals surface area contributed by atoms with E-state index in [9.17, 15) is 14.4 Å². The van der Waals surface area contributed by atoms with Crippen LogP contribution in [-0.4, -0.2) is 5.78 Å². The average molecular weight is 439 g/mol. The van der Waals surface area contributed by atoms with Crippen molar-refractivity contribution in [3.8, 4) is 6.07 Å². The molecule has 1 heterocycles. The number of carbonyl (C=O) groups excluding carboxylic acids is 1. The van der Waals surface area contributed by atoms with E-state index < -0.39 is 11.7 Å². The first kappa shape index (κ1) is 18.5. The molecule has 2 aromatic rings. The number of rotatable bonds is 2. The number of nitrogens with two attached hydrogens (primary N) is 1. The molecular formula is C22H16BrFN2O2. The van der Waals surface area contributed by atoms with Crippen molar-refractivity contribution in [2.75, 3.05) is 0 Å². The van der Waals surface area contributed by atoms with Gasteiger partial charge in [0.05, 0.1) is 10.4 Å². The molecule has 0 spiro atoms. The average Bonchev–Trinajstić information content (AvgIpc) is 2.69. The van der Waals surface area contributed by atoms with E-state index in [-0.39, 0.29) is 27.6 Å². The summed E-state index contributed by atoms with van der Waals surface area (Å²) in [7, 11) is 0. The Hall–Kier alpha value is -2.91. The molecule has 2 atom stereocenters. The smallest absolute Gasteiger partial charge is 0.205 e. The number of hydrogen-bond donors (Lipinski definition) is 1. The lowest BCUT2D eigenvalue weighted by Crippen LogP contribution is -2.29. The minimum Gasteiger partial charge on any atom is -0.444 e. The van der Waals surface area contributed by atoms with E-state index in [1.165, 1.54) is 6.07 Å². The van der Waals surface area contributed by atoms with E-state index in [1.54, 1.807) is 12.1 Å². The number of Topliss-reactive ketones (excluding diaryl/α,β-unsaturated/α-hetero) is 1. The van der Waals surface area contributed by atoms with Gasteiger partial charge in [-0.3, -0.25) is 4.79 Å². The fourth-order valence-corrected chi connectivity index (χ4v) is 4.29. The Balaban J connectivity index is 1.81. The summed E-state index contributed by atoms with van der Waals surface area (Å²) in [5, 5.41) is 9.64. The van der Waals surface area contributed by atoms with Crippen LogP contribution in [-0.2, 0) is 9.53 Å². The molecule has 0 aromatic heterocycles. The second kappa shape index (κ2) is 7.25. The number of allylic oxidation sites excluding steroid dienone is 3. The lowest BCUT2D eigenvalue weighted by atomic mass is 9.73. The fraction of sp³-hybridized carbons (Fsp3) is 0.182. The second-order valence-corrected chi connectivity index (χ2v) is 7.73. The minimum atomic E-state index is -0.658. The van der Waals surface area contributed by atoms with Crippen LogP contribution >= 0.6 is 15.9 Å². The van der Waals surface area contributed by atoms with Crippen molar-refractivity contribution in [1.29, 1.82) is 5.26 Å². The van der Waals surface area contributed by atoms with E-state index in [0.717, 1.165) is 5.56 Å². The molecule has 140 valence electrons. The molecule has 0 radical (unpaired) electrons. The molecule has 0 saturated carbocycles. The molecule has 0 amide bonds. The summed E-state index contributed by atoms with van der Waals surface area (Å²) in [5.41, 5.74) is 8.31. The molecule has 1 aliphatic carbocycles. The lowest BCUT2D eigenvalue weighted by Gasteiger charge is -2.34. The Kier molecular flexibility index (Phi) is 4.78. The van der Waals surface area contributed by atoms with Crippen molar-refractivity contribution < 1.29 is 13.9 Å². The Morgan fingerprint density at radius 3 is 2.57 bits per heavy atom. The van der Waals surface area contributed by atoms with Gasteiger partial charge in [0.25, 0.3) is 0 Å². The number of benzene rings is 2. The largest absolute Gasteiger partial charge is 0.444 e. The molecule has 2 aliphatic rings. The van der Waals surface area contributed by atoms with Gasteiger partial charge >= 0.3 is 0 Å². The SMILES string of the molecule is N#CC1=C(N)OC2=C(C(=O)C[C@@H](c3ccccc3)C2)[C@@H]1c1ccc(F)c(Br)c1. The van der Waals surface area contributed by atoms with E-state index in [1.807, 2.05) is 30.3 Å². The highest BCUT2D eigenvalue weighted by molar-refractivity contribution is 9.10. The van der Waals surface area contributed by atoms with Crippen molar-refractivity contribution >= 4 is 21.7 Å². The van der Waals surface area contributed by atoms with Crippen LogP contribution in [0.4, 0.5) is 4.39 Å². The zero-order valence-corrected chi connectivity index (χ0v) is 16.4. The van der Waals surface area contributed by atoms with Crippen LogP contribution in [0, 0.1) is 17.1 Å². The minimum absolute atomic E-state index is 0.00629. The molecule has 0 bridgehead atoms. The molecule has 0 saturated heterocycles. The maximum Gasteiger partial charge on any atom is 0.205 e. The Labute approximate surface area is 170 Å². The van der Waals surface area contributed by atoms with Gasteiger partial charge < -0.3 is 10.5 Å². The van der Waals surface area contributed by atoms with Crippen LogP contribution in [0.1, 0.15) is 35.8 Å². The monoisotopic (exact) mass is 438 g/mol. The zero-order valence-electron chi connectivity index (χ0n) is 14.8. The van der Waals surface area contributed by atoms with Crippen LogP contribution in [0.2, 0.25) is 0 Å². The van der Waals surface area contributed by atoms with E-state index in [2.05, 4.69) is 22.0 Å². The van der Waals surface area contributed by atoms with Crippen LogP contribution in [0.25, 0.3) is 0 Å². The van der Waals surface area contributed by atoms with Crippen LogP contribution in [0.15, 0.2) is 75.8 Å². The third-order valence-electron chi connectivity index (χ3n) is 5.21. The third-order valence-corrected chi connectivity index (χ3v) is 5.82. The topological polar surface area (TPSA) is 76.1 Å². The van der Waals surface area contributed by atoms with Gasteiger partial charge in [-0.25, -0.2) is 4.39 Å². The Morgan fingerprint density at radius 2 is 1.89 bits per heavy atom. The van der Waals surface area contributed by atoms with E-state index in [4.69, 9.17) is 10.5 Å². The second-order valence-electron chi connectivity index (χ2n) is 6.87. The normalized spacial score (nSPS) is 21.8. The summed E-state index contributed by atoms with van der Waals surface area (Å²) in [5.74, 6) is -0.681. The first-order valence-corrected chi connectivity index (χ1v) is 9.62. The van der Waals surface area contributed by atoms with Crippen molar-refractivity contribution in [3.05, 3.63) is 92.7 Å². The Morgan fingerprint density at radius 1 is 1.14 bits per heavy atom. The number of hydrogen-bond acceptors (Lipinski definition) is 4. The van der Waals surface area contributed by atoms with Gasteiger partial charge in [0.1, 0.15) is 23.2 Å². The molecule has 1 aliphatic heterocycles. The maximum absolute atomic E-state index is 13.7. The number of carbonyl (C=O) groups is 1. The first-order valence-electron chi connectivity index (χ1n) is 8.83. The maximum atomic E-state index is 13.7. The highest BCUT2D eigenvalue weighted by Gasteiger charge is 2.41. The van der Waals surface area contributed by atoms with Gasteiger partial charge in [-0.15, -0.1) is 0 Å². The molecule has 0 unspecified atom stereocenters. The predicted octanol–water partition coefficient (Wildman–Crippen LogP) is 4.80. The summed E-state index contributed by atoms with van der Waals surface area (Å²) in [6, 6.07) is 16.3. The van der Waals surface area contributed by atoms with Crippen LogP contribution in [0.3, 0.4) is 0 Å². The number of halogens is 2. The molecule has 0 fully saturated rings. The van der Waals surface area contributed by atoms with Gasteiger partial charge in [-0.2, -0.15) is 5.26 Å². The van der Waals surface area contributed by atoms with Crippen LogP contribution < -0.4 is 5.73 Å². The summed E-state index contributed by atoms with van der Waals surface area (Å²) in [6.45, 7) is 0. The molecule has 6 heteroatoms. The molecule has 28 heavy (non-hydrogen) atoms. The summed E-state index contributed by atoms with van der Waals surface area (Å²) in [6.07, 6.45) is 0.840. The number of nitrogens with zero attached hydrogens (tertiary/aromatic N) is 1. The number of ketones is 1. The van der Waals surface area contributed by atoms with Crippen LogP contribution in [0.5, 0.6) is 0 Å². The fourth-order valence-electron chi connectivity index (χ4n) is 3.89. The van der Waals surface area contributed by atoms with Gasteiger partial charge in [0.15, 0.2) is 5.78 Å². The quantitative estimate of drug-likeness (QED) is 0.730. The van der Waals surface area contributed by atoms with Crippen molar-refractivity contribution in [2.24, 2.45) is 5.73 Å². The predicted molar refractivity (Wildman–Crippen MR) is 105 cm³/mol. The summed E-state index contributed by atoms with van der Waals surface area (Å²) >= 11 is 3.18. The van der Waals surface area contributed by atoms with Gasteiger partial charge in [-0.05, 0) is 45.1 Å². The van der Waals surface area contributed by atoms with Crippen molar-refractivity contribution in [3.63, 3.8) is 0 Å². The van der Waals surface area contributed by atoms with Gasteiger partial charge in [-0.1, -0.05) is 36.4 Å². The van der Waals surface area contributed by atoms with E-state index >= 15 is 0 Å². The van der Waals surface area contributed by atoms with Gasteiger partial charge in [0, 0.05) is 18.4 Å². The molecule has 4 rings (SSSR count). The van der Waals surface area contributed by atoms with Crippen molar-refractivity contribution in [1.82, 2.24) is 0 Å². The van der Waals surface area contributed by atoms with Crippen molar-refractivity contribution in [2.45, 2.75) is 24.7 Å². The summed E-state index contributed by atoms with van der Waals surface area (Å²) < 4.78 is 19.7. The highest BCUT2D eigenvalue weighted by Crippen LogP contribution is 2.47. The lowest BCUT2D eigenvalue weighted by molar-refractivity contribution is -0.117. The zero-order chi connectivity index (χ0) is 19.8. The molecular weight excluding hydrogens is 423 g/mol. The number of ether oxygens (including phenoxy) is 1. The molecule has 4 nitrogen and oxygen atoms in total. The highest BCUT2D eigenvalue weighted by atomic mass is 79.9. The van der Waals surface area contributed by atoms with E-state index in [0.29, 0.717) is 29.7 Å². The molecule has 2 aromatic carbocycles. The standard InChI is InChI=1S/C22H16BrFN2O2/c23-16-8-13(6-7-17(16)24)20-15(11-25)22(26)28-19-10-14(9-18(27)21(19)20)12-4-2-1-3-5-12/h1-8,14,20H,9-10,26H2/t14-,20-/m1/s1. The molecule has 2 N–H and O–H groups in total. The van der Waals surface area contributed by atoms with Gasteiger partial charge in [0.2, 0.25) is 5.88 Å². The Bertz CT molecular complexity index is 1070. The number of nitriles is 1.